The van der Waals surface area contributed by atoms with Crippen LogP contribution in [0.3, 0.4) is 0 Å². The van der Waals surface area contributed by atoms with E-state index in [1.165, 1.54) is 16.8 Å². The molecule has 3 aromatic rings. The maximum Gasteiger partial charge on any atom is 0.203 e. The van der Waals surface area contributed by atoms with Crippen molar-refractivity contribution >= 4 is 5.69 Å². The molecular formula is C28H34N2O3. The smallest absolute Gasteiger partial charge is 0.203 e. The van der Waals surface area contributed by atoms with E-state index in [1.54, 1.807) is 21.3 Å². The zero-order valence-electron chi connectivity index (χ0n) is 20.1. The SMILES string of the molecule is COc1cc(-c2cccc(CN(c3ccc(C)cc3)C3CCNCC3)c2)cc(OC)c1OC. The summed E-state index contributed by atoms with van der Waals surface area (Å²) < 4.78 is 16.6. The average Bonchev–Trinajstić information content (AvgIpc) is 2.87. The minimum atomic E-state index is 0.527. The molecule has 0 bridgehead atoms. The van der Waals surface area contributed by atoms with Crippen LogP contribution in [-0.4, -0.2) is 40.5 Å². The summed E-state index contributed by atoms with van der Waals surface area (Å²) in [6.07, 6.45) is 2.31. The van der Waals surface area contributed by atoms with Crippen molar-refractivity contribution in [1.29, 1.82) is 0 Å². The van der Waals surface area contributed by atoms with Crippen LogP contribution in [0.2, 0.25) is 0 Å². The second-order valence-electron chi connectivity index (χ2n) is 8.56. The maximum atomic E-state index is 5.56. The van der Waals surface area contributed by atoms with Crippen molar-refractivity contribution in [2.75, 3.05) is 39.3 Å². The summed E-state index contributed by atoms with van der Waals surface area (Å²) in [5.41, 5.74) is 6.01. The summed E-state index contributed by atoms with van der Waals surface area (Å²) in [4.78, 5) is 2.56. The highest BCUT2D eigenvalue weighted by Gasteiger charge is 2.22. The lowest BCUT2D eigenvalue weighted by Gasteiger charge is -2.36. The monoisotopic (exact) mass is 446 g/mol. The number of hydrogen-bond donors (Lipinski definition) is 1. The maximum absolute atomic E-state index is 5.56. The quantitative estimate of drug-likeness (QED) is 0.499. The molecular weight excluding hydrogens is 412 g/mol. The summed E-state index contributed by atoms with van der Waals surface area (Å²) in [6, 6.07) is 22.2. The third-order valence-electron chi connectivity index (χ3n) is 6.39. The number of anilines is 1. The van der Waals surface area contributed by atoms with Crippen LogP contribution < -0.4 is 24.4 Å². The molecule has 1 N–H and O–H groups in total. The van der Waals surface area contributed by atoms with Crippen molar-refractivity contribution < 1.29 is 14.2 Å². The van der Waals surface area contributed by atoms with E-state index in [0.29, 0.717) is 23.3 Å². The van der Waals surface area contributed by atoms with Gasteiger partial charge in [-0.2, -0.15) is 0 Å². The number of rotatable bonds is 8. The van der Waals surface area contributed by atoms with Gasteiger partial charge in [0, 0.05) is 18.3 Å². The summed E-state index contributed by atoms with van der Waals surface area (Å²) in [5.74, 6) is 1.93. The van der Waals surface area contributed by atoms with Crippen molar-refractivity contribution in [3.63, 3.8) is 0 Å². The van der Waals surface area contributed by atoms with Crippen LogP contribution in [0.1, 0.15) is 24.0 Å². The molecule has 1 fully saturated rings. The molecule has 1 heterocycles. The van der Waals surface area contributed by atoms with Crippen molar-refractivity contribution in [2.24, 2.45) is 0 Å². The van der Waals surface area contributed by atoms with E-state index < -0.39 is 0 Å². The lowest BCUT2D eigenvalue weighted by molar-refractivity contribution is 0.324. The molecule has 5 nitrogen and oxygen atoms in total. The lowest BCUT2D eigenvalue weighted by atomic mass is 9.99. The standard InChI is InChI=1S/C28H34N2O3/c1-20-8-10-24(11-9-20)30(25-12-14-29-15-13-25)19-21-6-5-7-22(16-21)23-17-26(31-2)28(33-4)27(18-23)32-3/h5-11,16-18,25,29H,12-15,19H2,1-4H3. The van der Waals surface area contributed by atoms with Gasteiger partial charge in [-0.25, -0.2) is 0 Å². The van der Waals surface area contributed by atoms with E-state index in [2.05, 4.69) is 65.7 Å². The Labute approximate surface area is 197 Å². The van der Waals surface area contributed by atoms with Crippen LogP contribution in [0, 0.1) is 6.92 Å². The molecule has 4 rings (SSSR count). The molecule has 0 aliphatic carbocycles. The van der Waals surface area contributed by atoms with Crippen LogP contribution in [0.5, 0.6) is 17.2 Å². The highest BCUT2D eigenvalue weighted by atomic mass is 16.5. The Morgan fingerprint density at radius 3 is 2.09 bits per heavy atom. The van der Waals surface area contributed by atoms with E-state index in [4.69, 9.17) is 14.2 Å². The first-order chi connectivity index (χ1) is 16.1. The fourth-order valence-electron chi connectivity index (χ4n) is 4.58. The van der Waals surface area contributed by atoms with Crippen molar-refractivity contribution in [1.82, 2.24) is 5.32 Å². The van der Waals surface area contributed by atoms with Gasteiger partial charge in [0.05, 0.1) is 21.3 Å². The van der Waals surface area contributed by atoms with Gasteiger partial charge >= 0.3 is 0 Å². The third kappa shape index (κ3) is 5.25. The molecule has 1 aliphatic heterocycles. The van der Waals surface area contributed by atoms with E-state index in [1.807, 2.05) is 12.1 Å². The Morgan fingerprint density at radius 2 is 1.48 bits per heavy atom. The number of benzene rings is 3. The highest BCUT2D eigenvalue weighted by molar-refractivity contribution is 5.71. The number of aryl methyl sites for hydroxylation is 1. The summed E-state index contributed by atoms with van der Waals surface area (Å²) in [5, 5.41) is 3.49. The summed E-state index contributed by atoms with van der Waals surface area (Å²) in [7, 11) is 4.92. The normalized spacial score (nSPS) is 14.1. The highest BCUT2D eigenvalue weighted by Crippen LogP contribution is 2.41. The second-order valence-corrected chi connectivity index (χ2v) is 8.56. The summed E-state index contributed by atoms with van der Waals surface area (Å²) >= 11 is 0. The lowest BCUT2D eigenvalue weighted by Crippen LogP contribution is -2.43. The number of nitrogens with zero attached hydrogens (tertiary/aromatic N) is 1. The minimum Gasteiger partial charge on any atom is -0.493 e. The topological polar surface area (TPSA) is 43.0 Å². The molecule has 0 atom stereocenters. The van der Waals surface area contributed by atoms with Crippen LogP contribution in [0.15, 0.2) is 60.7 Å². The van der Waals surface area contributed by atoms with Gasteiger partial charge in [-0.05, 0) is 79.9 Å². The Hall–Kier alpha value is -3.18. The predicted octanol–water partition coefficient (Wildman–Crippen LogP) is 5.45. The zero-order chi connectivity index (χ0) is 23.2. The number of methoxy groups -OCH3 is 3. The first kappa shape index (κ1) is 23.0. The van der Waals surface area contributed by atoms with Crippen molar-refractivity contribution in [3.8, 4) is 28.4 Å². The molecule has 174 valence electrons. The van der Waals surface area contributed by atoms with Crippen LogP contribution in [-0.2, 0) is 6.54 Å². The van der Waals surface area contributed by atoms with Gasteiger partial charge in [0.15, 0.2) is 11.5 Å². The van der Waals surface area contributed by atoms with Crippen molar-refractivity contribution in [3.05, 3.63) is 71.8 Å². The number of nitrogens with one attached hydrogen (secondary N) is 1. The largest absolute Gasteiger partial charge is 0.493 e. The van der Waals surface area contributed by atoms with Gasteiger partial charge in [-0.1, -0.05) is 35.9 Å². The molecule has 0 amide bonds. The molecule has 0 aromatic heterocycles. The fraction of sp³-hybridized carbons (Fsp3) is 0.357. The van der Waals surface area contributed by atoms with E-state index in [-0.39, 0.29) is 0 Å². The van der Waals surface area contributed by atoms with Gasteiger partial charge in [-0.3, -0.25) is 0 Å². The molecule has 0 saturated carbocycles. The van der Waals surface area contributed by atoms with Gasteiger partial charge in [-0.15, -0.1) is 0 Å². The van der Waals surface area contributed by atoms with Gasteiger partial charge in [0.25, 0.3) is 0 Å². The van der Waals surface area contributed by atoms with Crippen LogP contribution >= 0.6 is 0 Å². The third-order valence-corrected chi connectivity index (χ3v) is 6.39. The summed E-state index contributed by atoms with van der Waals surface area (Å²) in [6.45, 7) is 5.14. The van der Waals surface area contributed by atoms with Gasteiger partial charge in [0.1, 0.15) is 0 Å². The molecule has 33 heavy (non-hydrogen) atoms. The van der Waals surface area contributed by atoms with E-state index >= 15 is 0 Å². The van der Waals surface area contributed by atoms with Gasteiger partial charge in [0.2, 0.25) is 5.75 Å². The molecule has 1 aliphatic rings. The molecule has 0 radical (unpaired) electrons. The molecule has 0 unspecified atom stereocenters. The zero-order valence-corrected chi connectivity index (χ0v) is 20.1. The Kier molecular flexibility index (Phi) is 7.40. The number of ether oxygens (including phenoxy) is 3. The predicted molar refractivity (Wildman–Crippen MR) is 135 cm³/mol. The Morgan fingerprint density at radius 1 is 0.818 bits per heavy atom. The molecule has 0 spiro atoms. The second kappa shape index (κ2) is 10.6. The molecule has 3 aromatic carbocycles. The first-order valence-corrected chi connectivity index (χ1v) is 11.6. The van der Waals surface area contributed by atoms with E-state index in [9.17, 15) is 0 Å². The van der Waals surface area contributed by atoms with E-state index in [0.717, 1.165) is 43.6 Å². The number of piperidine rings is 1. The Balaban J connectivity index is 1.66. The fourth-order valence-corrected chi connectivity index (χ4v) is 4.58. The van der Waals surface area contributed by atoms with Gasteiger partial charge < -0.3 is 24.4 Å². The molecule has 5 heteroatoms. The van der Waals surface area contributed by atoms with Crippen molar-refractivity contribution in [2.45, 2.75) is 32.4 Å². The minimum absolute atomic E-state index is 0.527. The van der Waals surface area contributed by atoms with Crippen LogP contribution in [0.25, 0.3) is 11.1 Å². The number of hydrogen-bond acceptors (Lipinski definition) is 5. The van der Waals surface area contributed by atoms with Crippen LogP contribution in [0.4, 0.5) is 5.69 Å². The first-order valence-electron chi connectivity index (χ1n) is 11.6. The molecule has 1 saturated heterocycles. The average molecular weight is 447 g/mol. The Bertz CT molecular complexity index is 1030.